The molecule has 0 unspecified atom stereocenters. The molecule has 0 fully saturated rings. The van der Waals surface area contributed by atoms with Gasteiger partial charge in [-0.2, -0.15) is 4.98 Å². The number of fused-ring (bicyclic) bond motifs is 3. The van der Waals surface area contributed by atoms with Gasteiger partial charge in [0.1, 0.15) is 6.54 Å². The first kappa shape index (κ1) is 10.8. The third kappa shape index (κ3) is 1.74. The van der Waals surface area contributed by atoms with Crippen molar-refractivity contribution in [3.05, 3.63) is 23.2 Å². The van der Waals surface area contributed by atoms with E-state index in [-0.39, 0.29) is 6.54 Å². The quantitative estimate of drug-likeness (QED) is 0.665. The van der Waals surface area contributed by atoms with E-state index < -0.39 is 5.97 Å². The number of rotatable bonds is 3. The van der Waals surface area contributed by atoms with Crippen LogP contribution in [0, 0.1) is 0 Å². The molecule has 0 aliphatic rings. The van der Waals surface area contributed by atoms with Gasteiger partial charge < -0.3 is 10.4 Å². The topological polar surface area (TPSA) is 95.3 Å². The van der Waals surface area contributed by atoms with Gasteiger partial charge in [0.25, 0.3) is 5.78 Å². The van der Waals surface area contributed by atoms with Gasteiger partial charge in [-0.15, -0.1) is 0 Å². The lowest BCUT2D eigenvalue weighted by Gasteiger charge is -1.96. The summed E-state index contributed by atoms with van der Waals surface area (Å²) in [6.45, 7) is -0.208. The first-order valence-electron chi connectivity index (χ1n) is 5.13. The average molecular weight is 266 g/mol. The van der Waals surface area contributed by atoms with Crippen LogP contribution in [-0.2, 0) is 4.79 Å². The highest BCUT2D eigenvalue weighted by atomic mass is 35.5. The van der Waals surface area contributed by atoms with E-state index in [9.17, 15) is 4.79 Å². The Kier molecular flexibility index (Phi) is 2.34. The summed E-state index contributed by atoms with van der Waals surface area (Å²) in [5, 5.41) is 14.7. The predicted octanol–water partition coefficient (Wildman–Crippen LogP) is 1.36. The molecule has 18 heavy (non-hydrogen) atoms. The van der Waals surface area contributed by atoms with Crippen molar-refractivity contribution in [3.8, 4) is 0 Å². The summed E-state index contributed by atoms with van der Waals surface area (Å²) in [5.41, 5.74) is 1.55. The molecule has 7 nitrogen and oxygen atoms in total. The van der Waals surface area contributed by atoms with Crippen molar-refractivity contribution in [1.29, 1.82) is 0 Å². The molecule has 0 saturated heterocycles. The number of imidazole rings is 1. The summed E-state index contributed by atoms with van der Waals surface area (Å²) in [5.74, 6) is -0.141. The zero-order valence-electron chi connectivity index (χ0n) is 9.01. The van der Waals surface area contributed by atoms with Gasteiger partial charge in [-0.25, -0.2) is 9.50 Å². The number of nitrogens with one attached hydrogen (secondary N) is 2. The number of aromatic amines is 1. The maximum absolute atomic E-state index is 10.4. The number of halogens is 1. The van der Waals surface area contributed by atoms with E-state index in [4.69, 9.17) is 16.7 Å². The Hall–Kier alpha value is -2.28. The van der Waals surface area contributed by atoms with Gasteiger partial charge in [-0.3, -0.25) is 9.89 Å². The number of hydrogen-bond acceptors (Lipinski definition) is 4. The van der Waals surface area contributed by atoms with E-state index >= 15 is 0 Å². The Morgan fingerprint density at radius 2 is 2.33 bits per heavy atom. The summed E-state index contributed by atoms with van der Waals surface area (Å²) in [4.78, 5) is 18.8. The SMILES string of the molecule is O=C(O)CNc1nc2nc3cc(Cl)ccc3n2[nH]1. The maximum Gasteiger partial charge on any atom is 0.322 e. The number of carboxylic acids is 1. The van der Waals surface area contributed by atoms with Gasteiger partial charge in [0.05, 0.1) is 11.0 Å². The van der Waals surface area contributed by atoms with Crippen molar-refractivity contribution >= 4 is 40.3 Å². The normalized spacial score (nSPS) is 11.2. The molecular weight excluding hydrogens is 258 g/mol. The zero-order chi connectivity index (χ0) is 12.7. The Labute approximate surface area is 105 Å². The number of aliphatic carboxylic acids is 1. The average Bonchev–Trinajstić information content (AvgIpc) is 2.82. The van der Waals surface area contributed by atoms with Gasteiger partial charge in [-0.05, 0) is 18.2 Å². The maximum atomic E-state index is 10.4. The summed E-state index contributed by atoms with van der Waals surface area (Å²) < 4.78 is 1.66. The van der Waals surface area contributed by atoms with E-state index in [1.165, 1.54) is 0 Å². The van der Waals surface area contributed by atoms with Crippen LogP contribution in [-0.4, -0.2) is 37.2 Å². The van der Waals surface area contributed by atoms with Crippen LogP contribution >= 0.6 is 11.6 Å². The molecule has 0 aliphatic carbocycles. The van der Waals surface area contributed by atoms with Crippen LogP contribution in [0.25, 0.3) is 16.8 Å². The van der Waals surface area contributed by atoms with Gasteiger partial charge >= 0.3 is 5.97 Å². The van der Waals surface area contributed by atoms with Gasteiger partial charge in [0.2, 0.25) is 5.95 Å². The minimum absolute atomic E-state index is 0.208. The smallest absolute Gasteiger partial charge is 0.322 e. The predicted molar refractivity (Wildman–Crippen MR) is 66.0 cm³/mol. The van der Waals surface area contributed by atoms with Gasteiger partial charge in [0, 0.05) is 5.02 Å². The molecular formula is C10H8ClN5O2. The first-order valence-corrected chi connectivity index (χ1v) is 5.51. The zero-order valence-corrected chi connectivity index (χ0v) is 9.77. The largest absolute Gasteiger partial charge is 0.480 e. The van der Waals surface area contributed by atoms with Crippen LogP contribution in [0.1, 0.15) is 0 Å². The standard InChI is InChI=1S/C10H8ClN5O2/c11-5-1-2-7-6(3-5)13-10-14-9(15-16(7)10)12-4-8(17)18/h1-3H,4H2,(H,17,18)(H2,12,13,14,15). The Bertz CT molecular complexity index is 747. The molecule has 0 amide bonds. The molecule has 2 aromatic heterocycles. The van der Waals surface area contributed by atoms with Crippen LogP contribution in [0.5, 0.6) is 0 Å². The van der Waals surface area contributed by atoms with Crippen LogP contribution in [0.3, 0.4) is 0 Å². The van der Waals surface area contributed by atoms with E-state index in [1.807, 2.05) is 6.07 Å². The summed E-state index contributed by atoms with van der Waals surface area (Å²) in [6, 6.07) is 5.31. The number of carbonyl (C=O) groups is 1. The van der Waals surface area contributed by atoms with E-state index in [2.05, 4.69) is 20.4 Å². The molecule has 0 spiro atoms. The molecule has 0 bridgehead atoms. The van der Waals surface area contributed by atoms with Crippen molar-refractivity contribution in [2.24, 2.45) is 0 Å². The van der Waals surface area contributed by atoms with Crippen molar-refractivity contribution in [1.82, 2.24) is 19.6 Å². The van der Waals surface area contributed by atoms with Gasteiger partial charge in [0.15, 0.2) is 0 Å². The van der Waals surface area contributed by atoms with Crippen molar-refractivity contribution in [2.75, 3.05) is 11.9 Å². The number of anilines is 1. The fourth-order valence-electron chi connectivity index (χ4n) is 1.70. The van der Waals surface area contributed by atoms with Crippen molar-refractivity contribution < 1.29 is 9.90 Å². The highest BCUT2D eigenvalue weighted by molar-refractivity contribution is 6.31. The van der Waals surface area contributed by atoms with Crippen LogP contribution in [0.2, 0.25) is 5.02 Å². The molecule has 3 N–H and O–H groups in total. The molecule has 0 aliphatic heterocycles. The third-order valence-corrected chi connectivity index (χ3v) is 2.67. The molecule has 8 heteroatoms. The fourth-order valence-corrected chi connectivity index (χ4v) is 1.86. The monoisotopic (exact) mass is 265 g/mol. The minimum atomic E-state index is -0.958. The Morgan fingerprint density at radius 3 is 3.11 bits per heavy atom. The molecule has 0 atom stereocenters. The molecule has 3 aromatic rings. The summed E-state index contributed by atoms with van der Waals surface area (Å²) >= 11 is 5.87. The van der Waals surface area contributed by atoms with E-state index in [0.717, 1.165) is 11.0 Å². The second kappa shape index (κ2) is 3.88. The third-order valence-electron chi connectivity index (χ3n) is 2.44. The van der Waals surface area contributed by atoms with Crippen LogP contribution in [0.4, 0.5) is 5.95 Å². The number of benzene rings is 1. The lowest BCUT2D eigenvalue weighted by Crippen LogP contribution is -2.13. The number of aromatic nitrogens is 4. The molecule has 2 heterocycles. The lowest BCUT2D eigenvalue weighted by molar-refractivity contribution is -0.134. The molecule has 92 valence electrons. The molecule has 3 rings (SSSR count). The molecule has 1 aromatic carbocycles. The van der Waals surface area contributed by atoms with Crippen molar-refractivity contribution in [2.45, 2.75) is 0 Å². The first-order chi connectivity index (χ1) is 8.63. The van der Waals surface area contributed by atoms with E-state index in [1.54, 1.807) is 16.6 Å². The minimum Gasteiger partial charge on any atom is -0.480 e. The molecule has 0 radical (unpaired) electrons. The van der Waals surface area contributed by atoms with Crippen LogP contribution in [0.15, 0.2) is 18.2 Å². The summed E-state index contributed by atoms with van der Waals surface area (Å²) in [6.07, 6.45) is 0. The number of carboxylic acid groups (broad SMARTS) is 1. The van der Waals surface area contributed by atoms with Crippen molar-refractivity contribution in [3.63, 3.8) is 0 Å². The molecule has 0 saturated carbocycles. The number of nitrogens with zero attached hydrogens (tertiary/aromatic N) is 3. The van der Waals surface area contributed by atoms with Crippen LogP contribution < -0.4 is 5.32 Å². The second-order valence-corrected chi connectivity index (χ2v) is 4.14. The Balaban J connectivity index is 2.05. The summed E-state index contributed by atoms with van der Waals surface area (Å²) in [7, 11) is 0. The second-order valence-electron chi connectivity index (χ2n) is 3.70. The van der Waals surface area contributed by atoms with E-state index in [0.29, 0.717) is 16.7 Å². The lowest BCUT2D eigenvalue weighted by atomic mass is 10.3. The van der Waals surface area contributed by atoms with Gasteiger partial charge in [-0.1, -0.05) is 11.6 Å². The number of H-pyrrole nitrogens is 1. The highest BCUT2D eigenvalue weighted by Crippen LogP contribution is 2.20. The number of hydrogen-bond donors (Lipinski definition) is 3. The fraction of sp³-hybridized carbons (Fsp3) is 0.100. The highest BCUT2D eigenvalue weighted by Gasteiger charge is 2.10. The Morgan fingerprint density at radius 1 is 1.50 bits per heavy atom.